The molecule has 0 radical (unpaired) electrons. The summed E-state index contributed by atoms with van der Waals surface area (Å²) in [4.78, 5) is 20.0. The maximum Gasteiger partial charge on any atom is 0.363 e. The van der Waals surface area contributed by atoms with Gasteiger partial charge in [0.1, 0.15) is 0 Å². The van der Waals surface area contributed by atoms with Crippen molar-refractivity contribution in [2.45, 2.75) is 6.42 Å². The van der Waals surface area contributed by atoms with E-state index in [1.54, 1.807) is 42.7 Å². The summed E-state index contributed by atoms with van der Waals surface area (Å²) in [5.41, 5.74) is 2.13. The number of benzene rings is 1. The number of pyridine rings is 1. The summed E-state index contributed by atoms with van der Waals surface area (Å²) >= 11 is 5.84. The van der Waals surface area contributed by atoms with E-state index in [4.69, 9.17) is 16.3 Å². The lowest BCUT2D eigenvalue weighted by molar-refractivity contribution is -0.130. The van der Waals surface area contributed by atoms with Gasteiger partial charge >= 0.3 is 5.97 Å². The Kier molecular flexibility index (Phi) is 3.79. The summed E-state index contributed by atoms with van der Waals surface area (Å²) in [6, 6.07) is 10.9. The molecule has 21 heavy (non-hydrogen) atoms. The summed E-state index contributed by atoms with van der Waals surface area (Å²) in [6.45, 7) is 0. The lowest BCUT2D eigenvalue weighted by atomic mass is 10.1. The monoisotopic (exact) mass is 298 g/mol. The first-order valence-electron chi connectivity index (χ1n) is 6.36. The van der Waals surface area contributed by atoms with Gasteiger partial charge in [-0.25, -0.2) is 9.79 Å². The number of rotatable bonds is 3. The fourth-order valence-corrected chi connectivity index (χ4v) is 2.05. The molecular formula is C16H11ClN2O2. The first-order chi connectivity index (χ1) is 10.2. The van der Waals surface area contributed by atoms with E-state index in [9.17, 15) is 4.79 Å². The zero-order chi connectivity index (χ0) is 14.7. The van der Waals surface area contributed by atoms with Gasteiger partial charge in [0.25, 0.3) is 0 Å². The molecule has 0 bridgehead atoms. The van der Waals surface area contributed by atoms with Gasteiger partial charge in [-0.3, -0.25) is 4.98 Å². The Balaban J connectivity index is 1.79. The quantitative estimate of drug-likeness (QED) is 0.645. The Hall–Kier alpha value is -2.46. The van der Waals surface area contributed by atoms with Gasteiger partial charge in [0, 0.05) is 23.8 Å². The first-order valence-corrected chi connectivity index (χ1v) is 6.74. The van der Waals surface area contributed by atoms with E-state index >= 15 is 0 Å². The molecule has 0 N–H and O–H groups in total. The first kappa shape index (κ1) is 13.5. The molecule has 0 atom stereocenters. The summed E-state index contributed by atoms with van der Waals surface area (Å²) in [7, 11) is 0. The van der Waals surface area contributed by atoms with Gasteiger partial charge in [-0.15, -0.1) is 0 Å². The second kappa shape index (κ2) is 5.89. The van der Waals surface area contributed by atoms with E-state index in [0.29, 0.717) is 23.0 Å². The number of aromatic nitrogens is 1. The van der Waals surface area contributed by atoms with Gasteiger partial charge in [-0.1, -0.05) is 23.7 Å². The average Bonchev–Trinajstić information content (AvgIpc) is 2.82. The predicted octanol–water partition coefficient (Wildman–Crippen LogP) is 3.27. The minimum atomic E-state index is -0.434. The van der Waals surface area contributed by atoms with Crippen LogP contribution in [0.3, 0.4) is 0 Å². The summed E-state index contributed by atoms with van der Waals surface area (Å²) < 4.78 is 5.17. The molecule has 0 amide bonds. The number of carbonyl (C=O) groups excluding carboxylic acids is 1. The van der Waals surface area contributed by atoms with Crippen LogP contribution in [-0.4, -0.2) is 16.9 Å². The van der Waals surface area contributed by atoms with Crippen molar-refractivity contribution in [3.05, 3.63) is 70.6 Å². The van der Waals surface area contributed by atoms with Crippen LogP contribution in [0.5, 0.6) is 0 Å². The third-order valence-electron chi connectivity index (χ3n) is 2.94. The van der Waals surface area contributed by atoms with Crippen LogP contribution in [0.1, 0.15) is 11.1 Å². The fourth-order valence-electron chi connectivity index (χ4n) is 1.92. The highest BCUT2D eigenvalue weighted by Gasteiger charge is 2.22. The number of hydrogen-bond donors (Lipinski definition) is 0. The maximum atomic E-state index is 11.8. The molecule has 0 saturated carbocycles. The van der Waals surface area contributed by atoms with E-state index in [-0.39, 0.29) is 0 Å². The molecule has 4 nitrogen and oxygen atoms in total. The highest BCUT2D eigenvalue weighted by atomic mass is 35.5. The third kappa shape index (κ3) is 3.35. The molecule has 1 aromatic heterocycles. The van der Waals surface area contributed by atoms with Crippen molar-refractivity contribution in [3.8, 4) is 0 Å². The van der Waals surface area contributed by atoms with Gasteiger partial charge < -0.3 is 4.74 Å². The number of hydrogen-bond acceptors (Lipinski definition) is 4. The van der Waals surface area contributed by atoms with Gasteiger partial charge in [-0.2, -0.15) is 0 Å². The highest BCUT2D eigenvalue weighted by Crippen LogP contribution is 2.18. The highest BCUT2D eigenvalue weighted by molar-refractivity contribution is 6.30. The van der Waals surface area contributed by atoms with Crippen LogP contribution >= 0.6 is 11.6 Å². The normalized spacial score (nSPS) is 16.0. The molecule has 104 valence electrons. The SMILES string of the molecule is O=C1OC(Cc2ccc(Cl)cc2)=N/C1=C/c1ccncc1. The molecular weight excluding hydrogens is 288 g/mol. The van der Waals surface area contributed by atoms with Crippen LogP contribution in [0.4, 0.5) is 0 Å². The zero-order valence-corrected chi connectivity index (χ0v) is 11.7. The van der Waals surface area contributed by atoms with Gasteiger partial charge in [-0.05, 0) is 41.5 Å². The third-order valence-corrected chi connectivity index (χ3v) is 3.19. The minimum Gasteiger partial charge on any atom is -0.406 e. The van der Waals surface area contributed by atoms with Gasteiger partial charge in [0.2, 0.25) is 5.90 Å². The Bertz CT molecular complexity index is 722. The molecule has 5 heteroatoms. The van der Waals surface area contributed by atoms with Crippen LogP contribution < -0.4 is 0 Å². The molecule has 0 fully saturated rings. The number of aliphatic imine (C=N–C) groups is 1. The zero-order valence-electron chi connectivity index (χ0n) is 11.0. The van der Waals surface area contributed by atoms with Crippen molar-refractivity contribution in [3.63, 3.8) is 0 Å². The predicted molar refractivity (Wildman–Crippen MR) is 80.9 cm³/mol. The van der Waals surface area contributed by atoms with Crippen LogP contribution in [0.25, 0.3) is 6.08 Å². The van der Waals surface area contributed by atoms with E-state index < -0.39 is 5.97 Å². The van der Waals surface area contributed by atoms with Crippen LogP contribution in [0, 0.1) is 0 Å². The molecule has 0 spiro atoms. The summed E-state index contributed by atoms with van der Waals surface area (Å²) in [5, 5.41) is 0.669. The maximum absolute atomic E-state index is 11.8. The Labute approximate surface area is 126 Å². The molecule has 0 aliphatic carbocycles. The van der Waals surface area contributed by atoms with Crippen LogP contribution in [-0.2, 0) is 16.0 Å². The van der Waals surface area contributed by atoms with Gasteiger partial charge in [0.15, 0.2) is 5.70 Å². The smallest absolute Gasteiger partial charge is 0.363 e. The van der Waals surface area contributed by atoms with Gasteiger partial charge in [0.05, 0.1) is 0 Å². The number of carbonyl (C=O) groups is 1. The fraction of sp³-hybridized carbons (Fsp3) is 0.0625. The number of esters is 1. The molecule has 1 aliphatic rings. The molecule has 2 aromatic rings. The lowest BCUT2D eigenvalue weighted by Crippen LogP contribution is -2.06. The largest absolute Gasteiger partial charge is 0.406 e. The van der Waals surface area contributed by atoms with E-state index in [1.165, 1.54) is 0 Å². The second-order valence-corrected chi connectivity index (χ2v) is 4.94. The van der Waals surface area contributed by atoms with Crippen molar-refractivity contribution in [2.75, 3.05) is 0 Å². The molecule has 0 saturated heterocycles. The van der Waals surface area contributed by atoms with E-state index in [1.807, 2.05) is 12.1 Å². The number of halogens is 1. The van der Waals surface area contributed by atoms with E-state index in [0.717, 1.165) is 11.1 Å². The van der Waals surface area contributed by atoms with Crippen LogP contribution in [0.2, 0.25) is 5.02 Å². The van der Waals surface area contributed by atoms with Crippen molar-refractivity contribution in [1.29, 1.82) is 0 Å². The lowest BCUT2D eigenvalue weighted by Gasteiger charge is -1.99. The van der Waals surface area contributed by atoms with Crippen molar-refractivity contribution in [1.82, 2.24) is 4.98 Å². The van der Waals surface area contributed by atoms with E-state index in [2.05, 4.69) is 9.98 Å². The summed E-state index contributed by atoms with van der Waals surface area (Å²) in [6.07, 6.45) is 5.45. The standard InChI is InChI=1S/C16H11ClN2O2/c17-13-3-1-11(2-4-13)10-15-19-14(16(20)21-15)9-12-5-7-18-8-6-12/h1-9H,10H2/b14-9+. The Morgan fingerprint density at radius 1 is 1.10 bits per heavy atom. The molecule has 1 aliphatic heterocycles. The Morgan fingerprint density at radius 2 is 1.81 bits per heavy atom. The number of cyclic esters (lactones) is 1. The number of nitrogens with zero attached hydrogens (tertiary/aromatic N) is 2. The van der Waals surface area contributed by atoms with Crippen molar-refractivity contribution < 1.29 is 9.53 Å². The topological polar surface area (TPSA) is 51.5 Å². The molecule has 3 rings (SSSR count). The number of ether oxygens (including phenoxy) is 1. The van der Waals surface area contributed by atoms with Crippen molar-refractivity contribution in [2.24, 2.45) is 4.99 Å². The molecule has 2 heterocycles. The Morgan fingerprint density at radius 3 is 2.52 bits per heavy atom. The summed E-state index contributed by atoms with van der Waals surface area (Å²) in [5.74, 6) is -0.0431. The molecule has 0 unspecified atom stereocenters. The van der Waals surface area contributed by atoms with Crippen molar-refractivity contribution >= 4 is 29.5 Å². The average molecular weight is 299 g/mol. The second-order valence-electron chi connectivity index (χ2n) is 4.51. The van der Waals surface area contributed by atoms with Crippen LogP contribution in [0.15, 0.2) is 59.5 Å². The minimum absolute atomic E-state index is 0.296. The molecule has 1 aromatic carbocycles.